The number of benzene rings is 2. The molecule has 1 saturated heterocycles. The minimum absolute atomic E-state index is 0.0298. The molecule has 1 heterocycles. The molecule has 6 heteroatoms. The molecule has 0 spiro atoms. The number of ether oxygens (including phenoxy) is 1. The molecule has 1 amide bonds. The van der Waals surface area contributed by atoms with Crippen molar-refractivity contribution in [2.75, 3.05) is 19.7 Å². The Morgan fingerprint density at radius 3 is 2.07 bits per heavy atom. The molecule has 0 bridgehead atoms. The van der Waals surface area contributed by atoms with E-state index in [4.69, 9.17) is 9.84 Å². The van der Waals surface area contributed by atoms with E-state index in [9.17, 15) is 14.0 Å². The van der Waals surface area contributed by atoms with Crippen LogP contribution in [0.5, 0.6) is 0 Å². The van der Waals surface area contributed by atoms with Crippen LogP contribution >= 0.6 is 0 Å². The molecule has 5 rings (SSSR count). The molecule has 2 fully saturated rings. The van der Waals surface area contributed by atoms with E-state index in [0.717, 1.165) is 22.3 Å². The fraction of sp³-hybridized carbons (Fsp3) is 0.333. The van der Waals surface area contributed by atoms with Crippen LogP contribution in [-0.2, 0) is 9.53 Å². The Hall–Kier alpha value is -2.89. The van der Waals surface area contributed by atoms with Crippen LogP contribution in [0.3, 0.4) is 0 Å². The van der Waals surface area contributed by atoms with Crippen molar-refractivity contribution in [3.63, 3.8) is 0 Å². The normalized spacial score (nSPS) is 27.7. The predicted octanol–water partition coefficient (Wildman–Crippen LogP) is 3.29. The summed E-state index contributed by atoms with van der Waals surface area (Å²) in [6, 6.07) is 16.2. The topological polar surface area (TPSA) is 66.8 Å². The second-order valence-corrected chi connectivity index (χ2v) is 7.50. The number of nitrogens with zero attached hydrogens (tertiary/aromatic N) is 1. The van der Waals surface area contributed by atoms with E-state index >= 15 is 0 Å². The zero-order valence-electron chi connectivity index (χ0n) is 14.5. The first-order valence-electron chi connectivity index (χ1n) is 9.04. The van der Waals surface area contributed by atoms with Crippen LogP contribution in [0.2, 0.25) is 0 Å². The number of halogens is 1. The number of carbonyl (C=O) groups excluding carboxylic acids is 1. The quantitative estimate of drug-likeness (QED) is 0.904. The lowest BCUT2D eigenvalue weighted by Gasteiger charge is -2.22. The second-order valence-electron chi connectivity index (χ2n) is 7.50. The molecule has 2 atom stereocenters. The van der Waals surface area contributed by atoms with Gasteiger partial charge in [0.2, 0.25) is 5.67 Å². The molecule has 2 aliphatic carbocycles. The van der Waals surface area contributed by atoms with Crippen LogP contribution < -0.4 is 0 Å². The number of alkyl halides is 1. The average Bonchev–Trinajstić information content (AvgIpc) is 3.04. The molecular formula is C21H18FNO4. The van der Waals surface area contributed by atoms with Crippen molar-refractivity contribution in [1.29, 1.82) is 0 Å². The summed E-state index contributed by atoms with van der Waals surface area (Å²) in [5.74, 6) is -2.69. The van der Waals surface area contributed by atoms with Crippen molar-refractivity contribution in [2.24, 2.45) is 11.8 Å². The molecule has 27 heavy (non-hydrogen) atoms. The van der Waals surface area contributed by atoms with Crippen LogP contribution in [0.1, 0.15) is 17.0 Å². The third-order valence-corrected chi connectivity index (χ3v) is 6.21. The average molecular weight is 367 g/mol. The highest BCUT2D eigenvalue weighted by Crippen LogP contribution is 2.58. The van der Waals surface area contributed by atoms with Crippen molar-refractivity contribution in [3.8, 4) is 11.1 Å². The summed E-state index contributed by atoms with van der Waals surface area (Å²) in [5.41, 5.74) is 2.40. The number of carbonyl (C=O) groups is 2. The van der Waals surface area contributed by atoms with Gasteiger partial charge in [0.1, 0.15) is 6.61 Å². The maximum atomic E-state index is 14.2. The molecule has 3 aliphatic rings. The number of carboxylic acid groups (broad SMARTS) is 1. The lowest BCUT2D eigenvalue weighted by atomic mass is 9.98. The third kappa shape index (κ3) is 2.22. The first-order chi connectivity index (χ1) is 13.0. The van der Waals surface area contributed by atoms with Gasteiger partial charge < -0.3 is 14.7 Å². The Morgan fingerprint density at radius 1 is 1.04 bits per heavy atom. The van der Waals surface area contributed by atoms with Gasteiger partial charge in [0, 0.05) is 30.8 Å². The van der Waals surface area contributed by atoms with Crippen molar-refractivity contribution < 1.29 is 23.8 Å². The van der Waals surface area contributed by atoms with Gasteiger partial charge in [0.05, 0.1) is 0 Å². The third-order valence-electron chi connectivity index (χ3n) is 6.21. The molecular weight excluding hydrogens is 349 g/mol. The molecule has 5 nitrogen and oxygen atoms in total. The predicted molar refractivity (Wildman–Crippen MR) is 95.1 cm³/mol. The molecule has 2 aromatic rings. The van der Waals surface area contributed by atoms with Crippen molar-refractivity contribution >= 4 is 12.1 Å². The van der Waals surface area contributed by atoms with Gasteiger partial charge in [-0.25, -0.2) is 14.0 Å². The van der Waals surface area contributed by atoms with Gasteiger partial charge >= 0.3 is 12.1 Å². The van der Waals surface area contributed by atoms with E-state index in [1.807, 2.05) is 36.4 Å². The Bertz CT molecular complexity index is 901. The Kier molecular flexibility index (Phi) is 3.35. The number of carboxylic acids is 1. The summed E-state index contributed by atoms with van der Waals surface area (Å²) in [7, 11) is 0. The molecule has 1 N–H and O–H groups in total. The molecule has 0 aromatic heterocycles. The summed E-state index contributed by atoms with van der Waals surface area (Å²) < 4.78 is 19.7. The van der Waals surface area contributed by atoms with Gasteiger partial charge in [-0.3, -0.25) is 0 Å². The summed E-state index contributed by atoms with van der Waals surface area (Å²) in [5, 5.41) is 8.97. The van der Waals surface area contributed by atoms with Crippen molar-refractivity contribution in [1.82, 2.24) is 4.90 Å². The Morgan fingerprint density at radius 2 is 1.56 bits per heavy atom. The van der Waals surface area contributed by atoms with E-state index in [1.165, 1.54) is 4.90 Å². The molecule has 1 aliphatic heterocycles. The highest BCUT2D eigenvalue weighted by atomic mass is 19.1. The number of piperidine rings is 1. The maximum Gasteiger partial charge on any atom is 0.409 e. The highest BCUT2D eigenvalue weighted by Gasteiger charge is 2.75. The number of fused-ring (bicyclic) bond motifs is 4. The minimum Gasteiger partial charge on any atom is -0.479 e. The minimum atomic E-state index is -2.17. The van der Waals surface area contributed by atoms with E-state index in [1.54, 1.807) is 0 Å². The van der Waals surface area contributed by atoms with E-state index < -0.39 is 29.6 Å². The number of rotatable bonds is 3. The molecule has 0 radical (unpaired) electrons. The Labute approximate surface area is 155 Å². The van der Waals surface area contributed by atoms with E-state index in [2.05, 4.69) is 12.1 Å². The van der Waals surface area contributed by atoms with Crippen LogP contribution in [0.15, 0.2) is 48.5 Å². The summed E-state index contributed by atoms with van der Waals surface area (Å²) >= 11 is 0. The van der Waals surface area contributed by atoms with Crippen LogP contribution in [0.25, 0.3) is 11.1 Å². The van der Waals surface area contributed by atoms with Gasteiger partial charge in [-0.15, -0.1) is 0 Å². The van der Waals surface area contributed by atoms with Crippen molar-refractivity contribution in [3.05, 3.63) is 59.7 Å². The fourth-order valence-corrected chi connectivity index (χ4v) is 4.72. The first-order valence-corrected chi connectivity index (χ1v) is 9.04. The standard InChI is InChI=1S/C21H18FNO4/c22-21(19(24)25)17-9-23(10-18(17)21)20(26)27-11-16-14-7-3-1-5-12(14)13-6-2-4-8-15(13)16/h1-8,16-18H,9-11H2,(H,24,25). The van der Waals surface area contributed by atoms with E-state index in [-0.39, 0.29) is 25.6 Å². The number of likely N-dealkylation sites (tertiary alicyclic amines) is 1. The summed E-state index contributed by atoms with van der Waals surface area (Å²) in [4.78, 5) is 24.8. The smallest absolute Gasteiger partial charge is 0.409 e. The number of aliphatic carboxylic acids is 1. The molecule has 2 unspecified atom stereocenters. The number of hydrogen-bond acceptors (Lipinski definition) is 3. The Balaban J connectivity index is 1.28. The van der Waals surface area contributed by atoms with Gasteiger partial charge in [-0.05, 0) is 22.3 Å². The molecule has 2 aromatic carbocycles. The lowest BCUT2D eigenvalue weighted by Crippen LogP contribution is -2.38. The van der Waals surface area contributed by atoms with Gasteiger partial charge in [0.15, 0.2) is 0 Å². The zero-order valence-corrected chi connectivity index (χ0v) is 14.5. The van der Waals surface area contributed by atoms with Gasteiger partial charge in [0.25, 0.3) is 0 Å². The van der Waals surface area contributed by atoms with Gasteiger partial charge in [-0.1, -0.05) is 48.5 Å². The molecule has 138 valence electrons. The SMILES string of the molecule is O=C(OCC1c2ccccc2-c2ccccc21)N1CC2C(C1)C2(F)C(=O)O. The molecule has 1 saturated carbocycles. The summed E-state index contributed by atoms with van der Waals surface area (Å²) in [6.07, 6.45) is -0.503. The number of hydrogen-bond donors (Lipinski definition) is 1. The fourth-order valence-electron chi connectivity index (χ4n) is 4.72. The zero-order chi connectivity index (χ0) is 18.8. The summed E-state index contributed by atoms with van der Waals surface area (Å²) in [6.45, 7) is 0.409. The second kappa shape index (κ2) is 5.55. The van der Waals surface area contributed by atoms with Crippen molar-refractivity contribution in [2.45, 2.75) is 11.6 Å². The highest BCUT2D eigenvalue weighted by molar-refractivity contribution is 5.84. The first kappa shape index (κ1) is 16.3. The van der Waals surface area contributed by atoms with Gasteiger partial charge in [-0.2, -0.15) is 0 Å². The lowest BCUT2D eigenvalue weighted by molar-refractivity contribution is -0.146. The number of amides is 1. The van der Waals surface area contributed by atoms with Crippen LogP contribution in [0.4, 0.5) is 9.18 Å². The van der Waals surface area contributed by atoms with Crippen LogP contribution in [-0.4, -0.2) is 47.4 Å². The van der Waals surface area contributed by atoms with Crippen LogP contribution in [0, 0.1) is 11.8 Å². The monoisotopic (exact) mass is 367 g/mol. The maximum absolute atomic E-state index is 14.2. The largest absolute Gasteiger partial charge is 0.479 e. The van der Waals surface area contributed by atoms with E-state index in [0.29, 0.717) is 0 Å².